The number of rotatable bonds is 12. The highest BCUT2D eigenvalue weighted by Crippen LogP contribution is 2.44. The molecule has 0 aromatic heterocycles. The molecule has 3 rings (SSSR count). The number of alkyl carbamates (subject to hydrolysis) is 1. The van der Waals surface area contributed by atoms with Gasteiger partial charge in [0.05, 0.1) is 0 Å². The Hall–Kier alpha value is -3.35. The highest BCUT2D eigenvalue weighted by molar-refractivity contribution is 5.79. The van der Waals surface area contributed by atoms with Crippen molar-refractivity contribution in [2.24, 2.45) is 5.41 Å². The van der Waals surface area contributed by atoms with Gasteiger partial charge in [-0.05, 0) is 53.9 Å². The van der Waals surface area contributed by atoms with E-state index in [1.54, 1.807) is 0 Å². The molecule has 2 aromatic rings. The van der Waals surface area contributed by atoms with Crippen molar-refractivity contribution in [3.05, 3.63) is 59.7 Å². The summed E-state index contributed by atoms with van der Waals surface area (Å²) in [7, 11) is 0. The van der Waals surface area contributed by atoms with Crippen LogP contribution in [0.25, 0.3) is 11.1 Å². The number of carboxylic acid groups (broad SMARTS) is 1. The number of amides is 2. The first-order chi connectivity index (χ1) is 16.7. The fourth-order valence-electron chi connectivity index (χ4n) is 4.46. The zero-order valence-corrected chi connectivity index (χ0v) is 20.8. The molecule has 0 heterocycles. The lowest BCUT2D eigenvalue weighted by molar-refractivity contribution is -0.137. The molecule has 0 saturated carbocycles. The molecule has 35 heavy (non-hydrogen) atoms. The first kappa shape index (κ1) is 26.3. The van der Waals surface area contributed by atoms with Gasteiger partial charge in [0, 0.05) is 31.3 Å². The van der Waals surface area contributed by atoms with Crippen LogP contribution in [0.3, 0.4) is 0 Å². The maximum atomic E-state index is 12.4. The van der Waals surface area contributed by atoms with Crippen molar-refractivity contribution < 1.29 is 24.2 Å². The number of aliphatic carboxylic acids is 1. The second kappa shape index (κ2) is 11.9. The van der Waals surface area contributed by atoms with Gasteiger partial charge in [0.15, 0.2) is 0 Å². The zero-order valence-electron chi connectivity index (χ0n) is 20.8. The van der Waals surface area contributed by atoms with E-state index in [4.69, 9.17) is 9.84 Å². The zero-order chi connectivity index (χ0) is 25.4. The van der Waals surface area contributed by atoms with Crippen molar-refractivity contribution in [1.29, 1.82) is 0 Å². The van der Waals surface area contributed by atoms with Gasteiger partial charge in [-0.2, -0.15) is 0 Å². The monoisotopic (exact) mass is 480 g/mol. The van der Waals surface area contributed by atoms with E-state index in [0.717, 1.165) is 11.1 Å². The van der Waals surface area contributed by atoms with Crippen LogP contribution < -0.4 is 10.6 Å². The van der Waals surface area contributed by atoms with Crippen LogP contribution in [-0.4, -0.2) is 42.3 Å². The lowest BCUT2D eigenvalue weighted by Gasteiger charge is -2.24. The number of ether oxygens (including phenoxy) is 1. The standard InChI is InChI=1S/C28H36N2O5/c1-19(12-13-25(31)29-17-16-28(2,3)15-14-26(32)33)30-27(34)35-18-24-22-10-6-4-8-20(22)21-9-5-7-11-23(21)24/h4-11,19,24H,12-18H2,1-3H3,(H,29,31)(H,30,34)(H,32,33). The number of nitrogens with one attached hydrogen (secondary N) is 2. The molecular formula is C28H36N2O5. The Labute approximate surface area is 207 Å². The lowest BCUT2D eigenvalue weighted by Crippen LogP contribution is -2.35. The Morgan fingerprint density at radius 1 is 0.971 bits per heavy atom. The number of carbonyl (C=O) groups is 3. The summed E-state index contributed by atoms with van der Waals surface area (Å²) in [5, 5.41) is 14.5. The molecule has 1 aliphatic carbocycles. The smallest absolute Gasteiger partial charge is 0.407 e. The minimum absolute atomic E-state index is 0.00832. The summed E-state index contributed by atoms with van der Waals surface area (Å²) in [6, 6.07) is 16.2. The normalized spacial score (nSPS) is 13.5. The molecule has 0 saturated heterocycles. The maximum absolute atomic E-state index is 12.4. The summed E-state index contributed by atoms with van der Waals surface area (Å²) in [5.74, 6) is -0.880. The third-order valence-electron chi connectivity index (χ3n) is 6.65. The van der Waals surface area contributed by atoms with Gasteiger partial charge >= 0.3 is 12.1 Å². The SMILES string of the molecule is CC(CCC(=O)NCCC(C)(C)CCC(=O)O)NC(=O)OCC1c2ccccc2-c2ccccc21. The molecule has 0 spiro atoms. The van der Waals surface area contributed by atoms with E-state index >= 15 is 0 Å². The molecule has 3 N–H and O–H groups in total. The van der Waals surface area contributed by atoms with Crippen molar-refractivity contribution in [3.8, 4) is 11.1 Å². The molecule has 2 amide bonds. The Morgan fingerprint density at radius 3 is 2.17 bits per heavy atom. The Kier molecular flexibility index (Phi) is 8.90. The molecule has 1 unspecified atom stereocenters. The molecule has 1 aliphatic rings. The summed E-state index contributed by atoms with van der Waals surface area (Å²) in [6.45, 7) is 6.61. The first-order valence-electron chi connectivity index (χ1n) is 12.3. The van der Waals surface area contributed by atoms with Crippen LogP contribution in [0, 0.1) is 5.41 Å². The lowest BCUT2D eigenvalue weighted by atomic mass is 9.84. The minimum atomic E-state index is -0.806. The molecule has 7 nitrogen and oxygen atoms in total. The Morgan fingerprint density at radius 2 is 1.57 bits per heavy atom. The van der Waals surface area contributed by atoms with Crippen molar-refractivity contribution in [3.63, 3.8) is 0 Å². The molecule has 0 fully saturated rings. The molecule has 2 aromatic carbocycles. The van der Waals surface area contributed by atoms with Crippen LogP contribution in [-0.2, 0) is 14.3 Å². The summed E-state index contributed by atoms with van der Waals surface area (Å²) in [4.78, 5) is 35.3. The second-order valence-electron chi connectivity index (χ2n) is 10.1. The summed E-state index contributed by atoms with van der Waals surface area (Å²) < 4.78 is 5.57. The van der Waals surface area contributed by atoms with Gasteiger partial charge in [0.1, 0.15) is 6.61 Å². The van der Waals surface area contributed by atoms with Gasteiger partial charge in [-0.15, -0.1) is 0 Å². The van der Waals surface area contributed by atoms with Crippen LogP contribution in [0.2, 0.25) is 0 Å². The number of carbonyl (C=O) groups excluding carboxylic acids is 2. The molecule has 188 valence electrons. The molecule has 7 heteroatoms. The van der Waals surface area contributed by atoms with Crippen LogP contribution in [0.5, 0.6) is 0 Å². The topological polar surface area (TPSA) is 105 Å². The van der Waals surface area contributed by atoms with Gasteiger partial charge in [0.2, 0.25) is 5.91 Å². The minimum Gasteiger partial charge on any atom is -0.481 e. The molecule has 0 radical (unpaired) electrons. The molecule has 0 bridgehead atoms. The highest BCUT2D eigenvalue weighted by atomic mass is 16.5. The number of benzene rings is 2. The second-order valence-corrected chi connectivity index (χ2v) is 10.1. The van der Waals surface area contributed by atoms with E-state index in [0.29, 0.717) is 32.2 Å². The quantitative estimate of drug-likeness (QED) is 0.392. The highest BCUT2D eigenvalue weighted by Gasteiger charge is 2.29. The van der Waals surface area contributed by atoms with Crippen molar-refractivity contribution in [1.82, 2.24) is 10.6 Å². The largest absolute Gasteiger partial charge is 0.481 e. The van der Waals surface area contributed by atoms with E-state index in [-0.39, 0.29) is 36.3 Å². The van der Waals surface area contributed by atoms with Crippen molar-refractivity contribution in [2.75, 3.05) is 13.2 Å². The van der Waals surface area contributed by atoms with E-state index in [9.17, 15) is 14.4 Å². The third kappa shape index (κ3) is 7.57. The van der Waals surface area contributed by atoms with Gasteiger partial charge in [0.25, 0.3) is 0 Å². The van der Waals surface area contributed by atoms with E-state index in [1.807, 2.05) is 45.0 Å². The summed E-state index contributed by atoms with van der Waals surface area (Å²) in [5.41, 5.74) is 4.54. The van der Waals surface area contributed by atoms with Crippen LogP contribution >= 0.6 is 0 Å². The van der Waals surface area contributed by atoms with Crippen LogP contribution in [0.1, 0.15) is 69.9 Å². The Balaban J connectivity index is 1.37. The van der Waals surface area contributed by atoms with Gasteiger partial charge in [-0.25, -0.2) is 4.79 Å². The summed E-state index contributed by atoms with van der Waals surface area (Å²) in [6.07, 6.45) is 1.71. The number of carboxylic acids is 1. The van der Waals surface area contributed by atoms with Crippen molar-refractivity contribution in [2.45, 2.75) is 64.8 Å². The molecule has 0 aliphatic heterocycles. The van der Waals surface area contributed by atoms with E-state index in [1.165, 1.54) is 11.1 Å². The maximum Gasteiger partial charge on any atom is 0.407 e. The van der Waals surface area contributed by atoms with Gasteiger partial charge in [-0.3, -0.25) is 9.59 Å². The van der Waals surface area contributed by atoms with Gasteiger partial charge in [-0.1, -0.05) is 62.4 Å². The molecule has 1 atom stereocenters. The predicted molar refractivity (Wildman–Crippen MR) is 135 cm³/mol. The average molecular weight is 481 g/mol. The Bertz CT molecular complexity index is 1000. The number of hydrogen-bond acceptors (Lipinski definition) is 4. The number of fused-ring (bicyclic) bond motifs is 3. The first-order valence-corrected chi connectivity index (χ1v) is 12.3. The fraction of sp³-hybridized carbons (Fsp3) is 0.464. The van der Waals surface area contributed by atoms with Crippen LogP contribution in [0.4, 0.5) is 4.79 Å². The third-order valence-corrected chi connectivity index (χ3v) is 6.65. The fourth-order valence-corrected chi connectivity index (χ4v) is 4.46. The average Bonchev–Trinajstić information content (AvgIpc) is 3.14. The predicted octanol–water partition coefficient (Wildman–Crippen LogP) is 5.09. The van der Waals surface area contributed by atoms with E-state index in [2.05, 4.69) is 34.9 Å². The van der Waals surface area contributed by atoms with Crippen molar-refractivity contribution >= 4 is 18.0 Å². The number of hydrogen-bond donors (Lipinski definition) is 3. The van der Waals surface area contributed by atoms with Crippen LogP contribution in [0.15, 0.2) is 48.5 Å². The molecular weight excluding hydrogens is 444 g/mol. The van der Waals surface area contributed by atoms with E-state index < -0.39 is 12.1 Å². The van der Waals surface area contributed by atoms with Gasteiger partial charge < -0.3 is 20.5 Å². The summed E-state index contributed by atoms with van der Waals surface area (Å²) >= 11 is 0.